The number of rotatable bonds is 6. The maximum atomic E-state index is 13.6. The Morgan fingerprint density at radius 2 is 1.56 bits per heavy atom. The summed E-state index contributed by atoms with van der Waals surface area (Å²) in [6.45, 7) is 11.2. The first-order valence-electron chi connectivity index (χ1n) is 13.7. The molecule has 0 radical (unpaired) electrons. The molecule has 0 spiro atoms. The summed E-state index contributed by atoms with van der Waals surface area (Å²) in [6, 6.07) is 20.9. The lowest BCUT2D eigenvalue weighted by Crippen LogP contribution is -2.32. The number of carbonyl (C=O) groups excluding carboxylic acids is 2. The molecule has 1 fully saturated rings. The van der Waals surface area contributed by atoms with Crippen LogP contribution in [0.25, 0.3) is 11.3 Å². The van der Waals surface area contributed by atoms with E-state index in [4.69, 9.17) is 0 Å². The molecule has 0 unspecified atom stereocenters. The zero-order chi connectivity index (χ0) is 29.5. The first-order valence-corrected chi connectivity index (χ1v) is 13.7. The molecular weight excluding hydrogens is 514 g/mol. The van der Waals surface area contributed by atoms with Gasteiger partial charge in [0, 0.05) is 54.5 Å². The number of aromatic nitrogens is 2. The number of Topliss-reactive ketones (excluding diaryl/α,β-unsaturated/α-hetero) is 1. The van der Waals surface area contributed by atoms with Crippen molar-refractivity contribution in [1.82, 2.24) is 9.55 Å². The number of ketones is 1. The van der Waals surface area contributed by atoms with E-state index in [1.807, 2.05) is 42.2 Å². The molecule has 0 saturated carbocycles. The molecule has 1 N–H and O–H groups in total. The van der Waals surface area contributed by atoms with Crippen molar-refractivity contribution >= 4 is 34.7 Å². The Hall–Kier alpha value is -4.72. The quantitative estimate of drug-likeness (QED) is 0.280. The molecule has 4 aromatic rings. The van der Waals surface area contributed by atoms with Gasteiger partial charge in [0.15, 0.2) is 11.6 Å². The van der Waals surface area contributed by atoms with E-state index in [2.05, 4.69) is 43.2 Å². The van der Waals surface area contributed by atoms with Gasteiger partial charge in [-0.3, -0.25) is 19.4 Å². The van der Waals surface area contributed by atoms with E-state index in [1.165, 1.54) is 17.1 Å². The molecule has 5 rings (SSSR count). The molecule has 0 aliphatic carbocycles. The van der Waals surface area contributed by atoms with Gasteiger partial charge in [0.1, 0.15) is 0 Å². The van der Waals surface area contributed by atoms with Gasteiger partial charge in [0.2, 0.25) is 0 Å². The smallest absolute Gasteiger partial charge is 0.329 e. The Kier molecular flexibility index (Phi) is 7.26. The molecule has 2 amide bonds. The van der Waals surface area contributed by atoms with Crippen LogP contribution < -0.4 is 20.7 Å². The average molecular weight is 550 g/mol. The van der Waals surface area contributed by atoms with Crippen LogP contribution in [0.3, 0.4) is 0 Å². The highest BCUT2D eigenvalue weighted by molar-refractivity contribution is 6.07. The van der Waals surface area contributed by atoms with Crippen LogP contribution in [0, 0.1) is 6.92 Å². The Morgan fingerprint density at radius 1 is 0.902 bits per heavy atom. The molecule has 1 aliphatic heterocycles. The minimum atomic E-state index is -0.277. The number of hydrogen-bond donors (Lipinski definition) is 1. The van der Waals surface area contributed by atoms with E-state index < -0.39 is 0 Å². The summed E-state index contributed by atoms with van der Waals surface area (Å²) < 4.78 is 1.49. The van der Waals surface area contributed by atoms with E-state index in [0.29, 0.717) is 30.0 Å². The Labute approximate surface area is 240 Å². The zero-order valence-electron chi connectivity index (χ0n) is 24.4. The molecule has 3 aromatic carbocycles. The maximum Gasteiger partial charge on any atom is 0.329 e. The molecular formula is C33H35N5O3. The van der Waals surface area contributed by atoms with Crippen molar-refractivity contribution in [3.05, 3.63) is 100.0 Å². The lowest BCUT2D eigenvalue weighted by Gasteiger charge is -2.23. The predicted octanol–water partition coefficient (Wildman–Crippen LogP) is 6.45. The normalized spacial score (nSPS) is 13.6. The van der Waals surface area contributed by atoms with Crippen LogP contribution in [0.5, 0.6) is 0 Å². The number of anilines is 4. The fraction of sp³-hybridized carbons (Fsp3) is 0.273. The lowest BCUT2D eigenvalue weighted by molar-refractivity contribution is 0.101. The predicted molar refractivity (Wildman–Crippen MR) is 165 cm³/mol. The zero-order valence-corrected chi connectivity index (χ0v) is 24.4. The Balaban J connectivity index is 1.43. The summed E-state index contributed by atoms with van der Waals surface area (Å²) in [5.41, 5.74) is 6.26. The molecule has 41 heavy (non-hydrogen) atoms. The number of urea groups is 1. The van der Waals surface area contributed by atoms with Gasteiger partial charge in [-0.2, -0.15) is 0 Å². The molecule has 0 atom stereocenters. The van der Waals surface area contributed by atoms with Crippen molar-refractivity contribution in [3.63, 3.8) is 0 Å². The third-order valence-corrected chi connectivity index (χ3v) is 7.55. The number of hydrogen-bond acceptors (Lipinski definition) is 5. The molecule has 8 nitrogen and oxygen atoms in total. The third-order valence-electron chi connectivity index (χ3n) is 7.55. The number of carbonyl (C=O) groups is 2. The van der Waals surface area contributed by atoms with E-state index in [-0.39, 0.29) is 28.6 Å². The van der Waals surface area contributed by atoms with Crippen molar-refractivity contribution in [2.45, 2.75) is 40.0 Å². The van der Waals surface area contributed by atoms with Crippen molar-refractivity contribution in [3.8, 4) is 11.3 Å². The highest BCUT2D eigenvalue weighted by atomic mass is 16.2. The Bertz CT molecular complexity index is 1680. The first kappa shape index (κ1) is 27.8. The SMILES string of the molecule is CC(=O)c1ccc(Nc2nc(-c3cccc(N4CCN(c5ccc(C(C)(C)C)cc5)C4=O)c3C)cn(C)c2=O)cc1. The van der Waals surface area contributed by atoms with Crippen LogP contribution in [-0.4, -0.2) is 34.5 Å². The molecule has 2 heterocycles. The Morgan fingerprint density at radius 3 is 2.20 bits per heavy atom. The monoisotopic (exact) mass is 549 g/mol. The van der Waals surface area contributed by atoms with Crippen LogP contribution in [-0.2, 0) is 12.5 Å². The van der Waals surface area contributed by atoms with Gasteiger partial charge < -0.3 is 9.88 Å². The molecule has 0 bridgehead atoms. The third kappa shape index (κ3) is 5.50. The van der Waals surface area contributed by atoms with Gasteiger partial charge >= 0.3 is 6.03 Å². The molecule has 1 aromatic heterocycles. The molecule has 8 heteroatoms. The van der Waals surface area contributed by atoms with Crippen molar-refractivity contribution < 1.29 is 9.59 Å². The number of nitrogens with zero attached hydrogens (tertiary/aromatic N) is 4. The summed E-state index contributed by atoms with van der Waals surface area (Å²) in [5, 5.41) is 3.10. The highest BCUT2D eigenvalue weighted by Gasteiger charge is 2.32. The van der Waals surface area contributed by atoms with E-state index >= 15 is 0 Å². The molecule has 1 saturated heterocycles. The van der Waals surface area contributed by atoms with Gasteiger partial charge in [-0.05, 0) is 72.9 Å². The van der Waals surface area contributed by atoms with Crippen LogP contribution in [0.15, 0.2) is 77.7 Å². The topological polar surface area (TPSA) is 87.5 Å². The number of aryl methyl sites for hydroxylation is 1. The summed E-state index contributed by atoms with van der Waals surface area (Å²) in [6.07, 6.45) is 1.70. The maximum absolute atomic E-state index is 13.6. The van der Waals surface area contributed by atoms with Gasteiger partial charge in [-0.1, -0.05) is 45.0 Å². The van der Waals surface area contributed by atoms with E-state index in [9.17, 15) is 14.4 Å². The fourth-order valence-corrected chi connectivity index (χ4v) is 5.08. The average Bonchev–Trinajstić information content (AvgIpc) is 3.32. The first-order chi connectivity index (χ1) is 19.4. The molecule has 210 valence electrons. The number of benzene rings is 3. The van der Waals surface area contributed by atoms with Gasteiger partial charge in [-0.25, -0.2) is 9.78 Å². The highest BCUT2D eigenvalue weighted by Crippen LogP contribution is 2.34. The van der Waals surface area contributed by atoms with Gasteiger partial charge in [0.25, 0.3) is 5.56 Å². The largest absolute Gasteiger partial charge is 0.336 e. The van der Waals surface area contributed by atoms with Crippen LogP contribution >= 0.6 is 0 Å². The second-order valence-electron chi connectivity index (χ2n) is 11.5. The minimum Gasteiger partial charge on any atom is -0.336 e. The number of amides is 2. The van der Waals surface area contributed by atoms with Gasteiger partial charge in [0.05, 0.1) is 5.69 Å². The molecule has 1 aliphatic rings. The lowest BCUT2D eigenvalue weighted by atomic mass is 9.87. The summed E-state index contributed by atoms with van der Waals surface area (Å²) in [5.74, 6) is 0.147. The van der Waals surface area contributed by atoms with Gasteiger partial charge in [-0.15, -0.1) is 0 Å². The van der Waals surface area contributed by atoms with Crippen molar-refractivity contribution in [2.24, 2.45) is 7.05 Å². The summed E-state index contributed by atoms with van der Waals surface area (Å²) in [4.78, 5) is 46.4. The van der Waals surface area contributed by atoms with Crippen molar-refractivity contribution in [2.75, 3.05) is 28.2 Å². The number of nitrogens with one attached hydrogen (secondary N) is 1. The van der Waals surface area contributed by atoms with Crippen molar-refractivity contribution in [1.29, 1.82) is 0 Å². The second kappa shape index (κ2) is 10.7. The van der Waals surface area contributed by atoms with E-state index in [0.717, 1.165) is 22.5 Å². The van der Waals surface area contributed by atoms with Crippen LogP contribution in [0.1, 0.15) is 49.2 Å². The summed E-state index contributed by atoms with van der Waals surface area (Å²) >= 11 is 0. The minimum absolute atomic E-state index is 0.0269. The van der Waals surface area contributed by atoms with Crippen LogP contribution in [0.2, 0.25) is 0 Å². The standard InChI is InChI=1S/C33H35N5O3/c1-21-27(28-20-36(6)31(40)30(35-28)34-25-14-10-23(11-15-25)22(2)39)8-7-9-29(21)38-19-18-37(32(38)41)26-16-12-24(13-17-26)33(3,4)5/h7-17,20H,18-19H2,1-6H3,(H,34,35). The fourth-order valence-electron chi connectivity index (χ4n) is 5.08. The van der Waals surface area contributed by atoms with E-state index in [1.54, 1.807) is 42.4 Å². The summed E-state index contributed by atoms with van der Waals surface area (Å²) in [7, 11) is 1.68. The second-order valence-corrected chi connectivity index (χ2v) is 11.5. The van der Waals surface area contributed by atoms with Crippen LogP contribution in [0.4, 0.5) is 27.7 Å².